The molecule has 0 aromatic heterocycles. The van der Waals surface area contributed by atoms with E-state index >= 15 is 0 Å². The zero-order valence-electron chi connectivity index (χ0n) is 13.5. The average molecular weight is 378 g/mol. The molecule has 8 heteroatoms. The van der Waals surface area contributed by atoms with Gasteiger partial charge in [0, 0.05) is 38.3 Å². The molecule has 0 bridgehead atoms. The summed E-state index contributed by atoms with van der Waals surface area (Å²) in [4.78, 5) is 13.5. The number of halogens is 2. The maximum absolute atomic E-state index is 11.4. The fraction of sp³-hybridized carbons (Fsp3) is 0.625. The topological polar surface area (TPSA) is 78.6 Å². The van der Waals surface area contributed by atoms with Crippen LogP contribution in [0.2, 0.25) is 0 Å². The third kappa shape index (κ3) is 4.51. The molecule has 24 heavy (non-hydrogen) atoms. The Balaban J connectivity index is 0.00000144. The van der Waals surface area contributed by atoms with Gasteiger partial charge in [-0.3, -0.25) is 15.0 Å². The summed E-state index contributed by atoms with van der Waals surface area (Å²) in [7, 11) is 0. The van der Waals surface area contributed by atoms with E-state index in [0.29, 0.717) is 11.5 Å². The maximum atomic E-state index is 11.4. The molecule has 2 aliphatic rings. The van der Waals surface area contributed by atoms with Crippen LogP contribution >= 0.6 is 24.8 Å². The van der Waals surface area contributed by atoms with Crippen molar-refractivity contribution in [2.24, 2.45) is 5.92 Å². The number of hydrogen-bond donors (Lipinski definition) is 2. The maximum Gasteiger partial charge on any atom is 0.274 e. The second-order valence-corrected chi connectivity index (χ2v) is 6.28. The largest absolute Gasteiger partial charge is 0.508 e. The van der Waals surface area contributed by atoms with Crippen LogP contribution in [0.15, 0.2) is 18.2 Å². The fourth-order valence-corrected chi connectivity index (χ4v) is 3.93. The SMILES string of the molecule is Cl.Cl.O=[N+]([O-])c1ccc(O)cc1[C@H](C1CCCC1)N1CCNCC1. The minimum atomic E-state index is -0.321. The normalized spacial score (nSPS) is 20.0. The van der Waals surface area contributed by atoms with Crippen molar-refractivity contribution in [2.75, 3.05) is 26.2 Å². The quantitative estimate of drug-likeness (QED) is 0.621. The van der Waals surface area contributed by atoms with Crippen LogP contribution in [0.4, 0.5) is 5.69 Å². The first-order chi connectivity index (χ1) is 10.7. The molecular formula is C16H25Cl2N3O3. The lowest BCUT2D eigenvalue weighted by atomic mass is 9.88. The third-order valence-electron chi connectivity index (χ3n) is 4.92. The first-order valence-corrected chi connectivity index (χ1v) is 8.09. The Morgan fingerprint density at radius 2 is 1.83 bits per heavy atom. The van der Waals surface area contributed by atoms with Crippen LogP contribution in [0.1, 0.15) is 37.3 Å². The first-order valence-electron chi connectivity index (χ1n) is 8.09. The summed E-state index contributed by atoms with van der Waals surface area (Å²) in [6.45, 7) is 3.62. The molecule has 0 amide bonds. The summed E-state index contributed by atoms with van der Waals surface area (Å²) in [5, 5.41) is 24.6. The van der Waals surface area contributed by atoms with Gasteiger partial charge in [0.1, 0.15) is 5.75 Å². The lowest BCUT2D eigenvalue weighted by molar-refractivity contribution is -0.386. The van der Waals surface area contributed by atoms with Gasteiger partial charge in [-0.15, -0.1) is 24.8 Å². The molecule has 1 aromatic carbocycles. The lowest BCUT2D eigenvalue weighted by Crippen LogP contribution is -2.46. The molecule has 1 aromatic rings. The van der Waals surface area contributed by atoms with Crippen LogP contribution in [0, 0.1) is 16.0 Å². The molecule has 6 nitrogen and oxygen atoms in total. The van der Waals surface area contributed by atoms with Gasteiger partial charge >= 0.3 is 0 Å². The minimum absolute atomic E-state index is 0. The number of nitrogens with one attached hydrogen (secondary N) is 1. The van der Waals surface area contributed by atoms with E-state index in [1.165, 1.54) is 25.0 Å². The number of aromatic hydroxyl groups is 1. The van der Waals surface area contributed by atoms with E-state index in [0.717, 1.165) is 39.0 Å². The van der Waals surface area contributed by atoms with Crippen LogP contribution in [0.25, 0.3) is 0 Å². The van der Waals surface area contributed by atoms with E-state index in [2.05, 4.69) is 10.2 Å². The first kappa shape index (κ1) is 21.0. The molecule has 0 spiro atoms. The van der Waals surface area contributed by atoms with Gasteiger partial charge in [-0.1, -0.05) is 12.8 Å². The van der Waals surface area contributed by atoms with Crippen LogP contribution in [-0.2, 0) is 0 Å². The molecule has 0 radical (unpaired) electrons. The lowest BCUT2D eigenvalue weighted by Gasteiger charge is -2.38. The average Bonchev–Trinajstić information content (AvgIpc) is 3.02. The van der Waals surface area contributed by atoms with Gasteiger partial charge in [0.2, 0.25) is 0 Å². The number of benzene rings is 1. The van der Waals surface area contributed by atoms with Crippen molar-refractivity contribution in [1.82, 2.24) is 10.2 Å². The molecule has 2 fully saturated rings. The predicted molar refractivity (Wildman–Crippen MR) is 98.4 cm³/mol. The summed E-state index contributed by atoms with van der Waals surface area (Å²) >= 11 is 0. The van der Waals surface area contributed by atoms with Gasteiger partial charge in [0.05, 0.1) is 10.5 Å². The Morgan fingerprint density at radius 3 is 2.42 bits per heavy atom. The molecule has 1 heterocycles. The zero-order valence-corrected chi connectivity index (χ0v) is 15.2. The van der Waals surface area contributed by atoms with Crippen molar-refractivity contribution in [3.05, 3.63) is 33.9 Å². The van der Waals surface area contributed by atoms with Crippen molar-refractivity contribution >= 4 is 30.5 Å². The highest BCUT2D eigenvalue weighted by molar-refractivity contribution is 5.85. The van der Waals surface area contributed by atoms with Crippen molar-refractivity contribution in [1.29, 1.82) is 0 Å². The Kier molecular flexibility index (Phi) is 8.22. The zero-order chi connectivity index (χ0) is 15.5. The fourth-order valence-electron chi connectivity index (χ4n) is 3.93. The van der Waals surface area contributed by atoms with E-state index in [1.807, 2.05) is 0 Å². The van der Waals surface area contributed by atoms with Gasteiger partial charge in [0.25, 0.3) is 5.69 Å². The molecule has 1 aliphatic heterocycles. The molecule has 1 atom stereocenters. The van der Waals surface area contributed by atoms with Crippen LogP contribution < -0.4 is 5.32 Å². The highest BCUT2D eigenvalue weighted by atomic mass is 35.5. The standard InChI is InChI=1S/C16H23N3O3.2ClH/c20-13-5-6-15(19(21)22)14(11-13)16(12-3-1-2-4-12)18-9-7-17-8-10-18;;/h5-6,11-12,16-17,20H,1-4,7-10H2;2*1H/t16-;;/m0../s1. The number of piperazine rings is 1. The van der Waals surface area contributed by atoms with Gasteiger partial charge in [0.15, 0.2) is 0 Å². The van der Waals surface area contributed by atoms with E-state index < -0.39 is 0 Å². The molecule has 1 saturated heterocycles. The van der Waals surface area contributed by atoms with E-state index in [-0.39, 0.29) is 47.2 Å². The number of nitrogens with zero attached hydrogens (tertiary/aromatic N) is 2. The molecule has 1 aliphatic carbocycles. The van der Waals surface area contributed by atoms with Crippen molar-refractivity contribution < 1.29 is 10.0 Å². The number of hydrogen-bond acceptors (Lipinski definition) is 5. The number of rotatable bonds is 4. The smallest absolute Gasteiger partial charge is 0.274 e. The highest BCUT2D eigenvalue weighted by Gasteiger charge is 2.35. The number of nitro benzene ring substituents is 1. The molecule has 0 unspecified atom stereocenters. The Labute approximate surface area is 154 Å². The highest BCUT2D eigenvalue weighted by Crippen LogP contribution is 2.43. The van der Waals surface area contributed by atoms with E-state index in [4.69, 9.17) is 0 Å². The summed E-state index contributed by atoms with van der Waals surface area (Å²) < 4.78 is 0. The summed E-state index contributed by atoms with van der Waals surface area (Å²) in [5.41, 5.74) is 0.812. The monoisotopic (exact) mass is 377 g/mol. The number of phenolic OH excluding ortho intramolecular Hbond substituents is 1. The number of phenols is 1. The van der Waals surface area contributed by atoms with Crippen molar-refractivity contribution in [3.8, 4) is 5.75 Å². The van der Waals surface area contributed by atoms with Crippen LogP contribution in [0.3, 0.4) is 0 Å². The second kappa shape index (κ2) is 9.42. The molecule has 136 valence electrons. The summed E-state index contributed by atoms with van der Waals surface area (Å²) in [5.74, 6) is 0.553. The second-order valence-electron chi connectivity index (χ2n) is 6.28. The summed E-state index contributed by atoms with van der Waals surface area (Å²) in [6.07, 6.45) is 4.61. The Bertz CT molecular complexity index is 547. The Morgan fingerprint density at radius 1 is 1.21 bits per heavy atom. The van der Waals surface area contributed by atoms with Crippen molar-refractivity contribution in [3.63, 3.8) is 0 Å². The van der Waals surface area contributed by atoms with Gasteiger partial charge in [-0.2, -0.15) is 0 Å². The van der Waals surface area contributed by atoms with E-state index in [9.17, 15) is 15.2 Å². The van der Waals surface area contributed by atoms with Gasteiger partial charge in [-0.05, 0) is 30.9 Å². The predicted octanol–water partition coefficient (Wildman–Crippen LogP) is 3.28. The van der Waals surface area contributed by atoms with Gasteiger partial charge < -0.3 is 10.4 Å². The van der Waals surface area contributed by atoms with E-state index in [1.54, 1.807) is 6.07 Å². The molecule has 3 rings (SSSR count). The third-order valence-corrected chi connectivity index (χ3v) is 4.92. The minimum Gasteiger partial charge on any atom is -0.508 e. The molecular weight excluding hydrogens is 353 g/mol. The van der Waals surface area contributed by atoms with Crippen molar-refractivity contribution in [2.45, 2.75) is 31.7 Å². The summed E-state index contributed by atoms with van der Waals surface area (Å²) in [6, 6.07) is 4.49. The Hall–Kier alpha value is -1.08. The van der Waals surface area contributed by atoms with Crippen LogP contribution in [-0.4, -0.2) is 41.1 Å². The number of nitro groups is 1. The molecule has 1 saturated carbocycles. The van der Waals surface area contributed by atoms with Gasteiger partial charge in [-0.25, -0.2) is 0 Å². The van der Waals surface area contributed by atoms with Crippen LogP contribution in [0.5, 0.6) is 5.75 Å². The molecule has 2 N–H and O–H groups in total.